The molecule has 1 aliphatic rings. The average molecular weight is 371 g/mol. The summed E-state index contributed by atoms with van der Waals surface area (Å²) in [7, 11) is 0. The van der Waals surface area contributed by atoms with E-state index in [4.69, 9.17) is 4.74 Å². The van der Waals surface area contributed by atoms with Crippen molar-refractivity contribution in [3.8, 4) is 5.75 Å². The van der Waals surface area contributed by atoms with E-state index >= 15 is 0 Å². The minimum Gasteiger partial charge on any atom is -0.410 e. The summed E-state index contributed by atoms with van der Waals surface area (Å²) in [6.45, 7) is 1.71. The highest BCUT2D eigenvalue weighted by molar-refractivity contribution is 5.89. The van der Waals surface area contributed by atoms with Gasteiger partial charge in [-0.25, -0.2) is 14.0 Å². The third-order valence-electron chi connectivity index (χ3n) is 4.47. The van der Waals surface area contributed by atoms with Crippen LogP contribution in [0.3, 0.4) is 0 Å². The van der Waals surface area contributed by atoms with Crippen LogP contribution in [0.25, 0.3) is 0 Å². The molecule has 3 rings (SSSR count). The predicted octanol–water partition coefficient (Wildman–Crippen LogP) is 3.86. The Morgan fingerprint density at radius 3 is 2.37 bits per heavy atom. The molecule has 0 spiro atoms. The van der Waals surface area contributed by atoms with Gasteiger partial charge in [0.1, 0.15) is 11.6 Å². The molecular weight excluding hydrogens is 349 g/mol. The summed E-state index contributed by atoms with van der Waals surface area (Å²) in [5.41, 5.74) is 0.535. The molecule has 1 heterocycles. The van der Waals surface area contributed by atoms with Crippen molar-refractivity contribution in [3.05, 3.63) is 60.4 Å². The van der Waals surface area contributed by atoms with E-state index in [9.17, 15) is 14.0 Å². The minimum absolute atomic E-state index is 0.296. The summed E-state index contributed by atoms with van der Waals surface area (Å²) in [6, 6.07) is 14.3. The summed E-state index contributed by atoms with van der Waals surface area (Å²) in [6.07, 6.45) is 1.24. The number of para-hydroxylation sites is 1. The lowest BCUT2D eigenvalue weighted by molar-refractivity contribution is 0.130. The third-order valence-corrected chi connectivity index (χ3v) is 4.47. The van der Waals surface area contributed by atoms with Crippen molar-refractivity contribution >= 4 is 17.8 Å². The van der Waals surface area contributed by atoms with Gasteiger partial charge in [0.2, 0.25) is 0 Å². The molecule has 0 saturated carbocycles. The topological polar surface area (TPSA) is 70.7 Å². The lowest BCUT2D eigenvalue weighted by atomic mass is 9.97. The van der Waals surface area contributed by atoms with E-state index in [-0.39, 0.29) is 17.9 Å². The molecule has 1 saturated heterocycles. The highest BCUT2D eigenvalue weighted by atomic mass is 19.1. The number of hydrogen-bond donors (Lipinski definition) is 2. The van der Waals surface area contributed by atoms with Gasteiger partial charge in [0.25, 0.3) is 0 Å². The second-order valence-electron chi connectivity index (χ2n) is 6.45. The minimum atomic E-state index is -0.349. The van der Waals surface area contributed by atoms with Crippen molar-refractivity contribution in [2.75, 3.05) is 25.0 Å². The van der Waals surface area contributed by atoms with Gasteiger partial charge in [-0.05, 0) is 55.2 Å². The van der Waals surface area contributed by atoms with Crippen molar-refractivity contribution < 1.29 is 18.7 Å². The number of carbonyl (C=O) groups excluding carboxylic acids is 2. The molecule has 2 N–H and O–H groups in total. The van der Waals surface area contributed by atoms with E-state index in [1.165, 1.54) is 24.3 Å². The number of halogens is 1. The zero-order valence-electron chi connectivity index (χ0n) is 14.9. The molecule has 142 valence electrons. The molecule has 0 atom stereocenters. The quantitative estimate of drug-likeness (QED) is 0.857. The maximum atomic E-state index is 12.9. The molecule has 2 aromatic rings. The van der Waals surface area contributed by atoms with Gasteiger partial charge >= 0.3 is 12.1 Å². The Kier molecular flexibility index (Phi) is 6.25. The first-order chi connectivity index (χ1) is 13.1. The molecule has 1 aliphatic heterocycles. The van der Waals surface area contributed by atoms with Crippen LogP contribution < -0.4 is 15.4 Å². The molecule has 0 bridgehead atoms. The van der Waals surface area contributed by atoms with Gasteiger partial charge < -0.3 is 20.3 Å². The summed E-state index contributed by atoms with van der Waals surface area (Å²) in [5, 5.41) is 5.48. The average Bonchev–Trinajstić information content (AvgIpc) is 2.69. The van der Waals surface area contributed by atoms with Crippen LogP contribution in [0.4, 0.5) is 19.7 Å². The number of amides is 3. The zero-order chi connectivity index (χ0) is 19.1. The van der Waals surface area contributed by atoms with Crippen LogP contribution >= 0.6 is 0 Å². The number of nitrogens with one attached hydrogen (secondary N) is 2. The number of piperidine rings is 1. The molecule has 3 amide bonds. The fourth-order valence-corrected chi connectivity index (χ4v) is 2.92. The van der Waals surface area contributed by atoms with Crippen LogP contribution in [0.1, 0.15) is 12.8 Å². The SMILES string of the molecule is O=C(NCC1CCN(C(=O)Oc2ccccc2)CC1)Nc1ccc(F)cc1. The number of benzene rings is 2. The fraction of sp³-hybridized carbons (Fsp3) is 0.300. The van der Waals surface area contributed by atoms with E-state index < -0.39 is 0 Å². The van der Waals surface area contributed by atoms with Gasteiger partial charge in [-0.1, -0.05) is 18.2 Å². The van der Waals surface area contributed by atoms with Gasteiger partial charge in [-0.2, -0.15) is 0 Å². The Bertz CT molecular complexity index is 760. The van der Waals surface area contributed by atoms with Gasteiger partial charge in [-0.15, -0.1) is 0 Å². The molecule has 2 aromatic carbocycles. The standard InChI is InChI=1S/C20H22FN3O3/c21-16-6-8-17(9-7-16)23-19(25)22-14-15-10-12-24(13-11-15)20(26)27-18-4-2-1-3-5-18/h1-9,15H,10-14H2,(H2,22,23,25). The first-order valence-electron chi connectivity index (χ1n) is 8.92. The van der Waals surface area contributed by atoms with Crippen LogP contribution in [0, 0.1) is 11.7 Å². The van der Waals surface area contributed by atoms with Crippen molar-refractivity contribution in [2.24, 2.45) is 5.92 Å². The number of urea groups is 1. The number of anilines is 1. The smallest absolute Gasteiger partial charge is 0.410 e. The first kappa shape index (κ1) is 18.7. The Morgan fingerprint density at radius 1 is 1.04 bits per heavy atom. The van der Waals surface area contributed by atoms with E-state index in [0.717, 1.165) is 12.8 Å². The van der Waals surface area contributed by atoms with Gasteiger partial charge in [0, 0.05) is 25.3 Å². The van der Waals surface area contributed by atoms with Crippen LogP contribution in [-0.4, -0.2) is 36.7 Å². The largest absolute Gasteiger partial charge is 0.415 e. The zero-order valence-corrected chi connectivity index (χ0v) is 14.9. The molecule has 0 aromatic heterocycles. The number of nitrogens with zero attached hydrogens (tertiary/aromatic N) is 1. The Labute approximate surface area is 157 Å². The lowest BCUT2D eigenvalue weighted by Crippen LogP contribution is -2.43. The molecule has 7 heteroatoms. The van der Waals surface area contributed by atoms with Crippen molar-refractivity contribution in [2.45, 2.75) is 12.8 Å². The van der Waals surface area contributed by atoms with Crippen molar-refractivity contribution in [3.63, 3.8) is 0 Å². The Hall–Kier alpha value is -3.09. The Morgan fingerprint density at radius 2 is 1.70 bits per heavy atom. The van der Waals surface area contributed by atoms with Crippen molar-refractivity contribution in [1.29, 1.82) is 0 Å². The summed E-state index contributed by atoms with van der Waals surface area (Å²) >= 11 is 0. The van der Waals surface area contributed by atoms with Crippen LogP contribution in [-0.2, 0) is 0 Å². The highest BCUT2D eigenvalue weighted by Gasteiger charge is 2.24. The summed E-state index contributed by atoms with van der Waals surface area (Å²) in [5.74, 6) is 0.479. The second kappa shape index (κ2) is 9.02. The molecule has 0 radical (unpaired) electrons. The molecule has 0 unspecified atom stereocenters. The monoisotopic (exact) mass is 371 g/mol. The Balaban J connectivity index is 1.37. The van der Waals surface area contributed by atoms with E-state index in [0.29, 0.717) is 37.0 Å². The number of hydrogen-bond acceptors (Lipinski definition) is 3. The van der Waals surface area contributed by atoms with Crippen molar-refractivity contribution in [1.82, 2.24) is 10.2 Å². The summed E-state index contributed by atoms with van der Waals surface area (Å²) < 4.78 is 18.2. The van der Waals surface area contributed by atoms with Gasteiger partial charge in [0.05, 0.1) is 0 Å². The summed E-state index contributed by atoms with van der Waals surface area (Å²) in [4.78, 5) is 25.8. The van der Waals surface area contributed by atoms with Crippen LogP contribution in [0.15, 0.2) is 54.6 Å². The normalized spacial score (nSPS) is 14.5. The van der Waals surface area contributed by atoms with Crippen LogP contribution in [0.2, 0.25) is 0 Å². The maximum Gasteiger partial charge on any atom is 0.415 e. The number of ether oxygens (including phenoxy) is 1. The second-order valence-corrected chi connectivity index (χ2v) is 6.45. The maximum absolute atomic E-state index is 12.9. The third kappa shape index (κ3) is 5.70. The molecule has 0 aliphatic carbocycles. The first-order valence-corrected chi connectivity index (χ1v) is 8.92. The molecule has 1 fully saturated rings. The van der Waals surface area contributed by atoms with Gasteiger partial charge in [-0.3, -0.25) is 0 Å². The number of carbonyl (C=O) groups is 2. The van der Waals surface area contributed by atoms with Gasteiger partial charge in [0.15, 0.2) is 0 Å². The predicted molar refractivity (Wildman–Crippen MR) is 100 cm³/mol. The molecule has 27 heavy (non-hydrogen) atoms. The van der Waals surface area contributed by atoms with E-state index in [1.807, 2.05) is 18.2 Å². The number of rotatable bonds is 4. The lowest BCUT2D eigenvalue weighted by Gasteiger charge is -2.31. The van der Waals surface area contributed by atoms with Crippen LogP contribution in [0.5, 0.6) is 5.75 Å². The fourth-order valence-electron chi connectivity index (χ4n) is 2.92. The highest BCUT2D eigenvalue weighted by Crippen LogP contribution is 2.18. The molecular formula is C20H22FN3O3. The molecule has 6 nitrogen and oxygen atoms in total. The number of likely N-dealkylation sites (tertiary alicyclic amines) is 1. The van der Waals surface area contributed by atoms with E-state index in [1.54, 1.807) is 17.0 Å². The van der Waals surface area contributed by atoms with E-state index in [2.05, 4.69) is 10.6 Å².